The Bertz CT molecular complexity index is 1060. The Labute approximate surface area is 139 Å². The fourth-order valence-corrected chi connectivity index (χ4v) is 3.51. The first kappa shape index (κ1) is 14.2. The molecule has 0 aliphatic heterocycles. The SMILES string of the molecule is CSc1ccc(C=c2sc3nc(-c4ccco4)nn3c2=O)cc1. The van der Waals surface area contributed by atoms with E-state index in [1.165, 1.54) is 20.7 Å². The first-order valence-corrected chi connectivity index (χ1v) is 8.88. The van der Waals surface area contributed by atoms with Crippen LogP contribution in [0.2, 0.25) is 0 Å². The molecule has 0 aliphatic carbocycles. The standard InChI is InChI=1S/C16H11N3O2S2/c1-22-11-6-4-10(5-7-11)9-13-15(20)19-16(23-13)17-14(18-19)12-3-2-8-21-12/h2-9H,1H3. The summed E-state index contributed by atoms with van der Waals surface area (Å²) in [6, 6.07) is 11.6. The van der Waals surface area contributed by atoms with Crippen LogP contribution in [0.25, 0.3) is 22.6 Å². The van der Waals surface area contributed by atoms with Crippen molar-refractivity contribution in [3.63, 3.8) is 0 Å². The van der Waals surface area contributed by atoms with Crippen LogP contribution in [0, 0.1) is 0 Å². The average Bonchev–Trinajstić information content (AvgIpc) is 3.27. The van der Waals surface area contributed by atoms with E-state index in [0.717, 1.165) is 5.56 Å². The third-order valence-corrected chi connectivity index (χ3v) is 5.04. The molecule has 0 atom stereocenters. The van der Waals surface area contributed by atoms with Crippen LogP contribution in [0.15, 0.2) is 56.8 Å². The Morgan fingerprint density at radius 3 is 2.74 bits per heavy atom. The lowest BCUT2D eigenvalue weighted by atomic mass is 10.2. The van der Waals surface area contributed by atoms with E-state index in [1.54, 1.807) is 30.2 Å². The molecule has 0 radical (unpaired) electrons. The van der Waals surface area contributed by atoms with Crippen LogP contribution < -0.4 is 10.1 Å². The van der Waals surface area contributed by atoms with E-state index in [9.17, 15) is 4.79 Å². The monoisotopic (exact) mass is 341 g/mol. The molecule has 5 nitrogen and oxygen atoms in total. The second-order valence-electron chi connectivity index (χ2n) is 4.80. The molecule has 0 aliphatic rings. The highest BCUT2D eigenvalue weighted by molar-refractivity contribution is 7.98. The van der Waals surface area contributed by atoms with Gasteiger partial charge >= 0.3 is 0 Å². The Hall–Kier alpha value is -2.38. The van der Waals surface area contributed by atoms with Gasteiger partial charge in [0.15, 0.2) is 5.76 Å². The van der Waals surface area contributed by atoms with E-state index < -0.39 is 0 Å². The number of furan rings is 1. The van der Waals surface area contributed by atoms with Crippen molar-refractivity contribution >= 4 is 34.1 Å². The smallest absolute Gasteiger partial charge is 0.291 e. The zero-order valence-corrected chi connectivity index (χ0v) is 13.7. The number of aromatic nitrogens is 3. The van der Waals surface area contributed by atoms with Crippen molar-refractivity contribution in [1.82, 2.24) is 14.6 Å². The number of rotatable bonds is 3. The van der Waals surface area contributed by atoms with Gasteiger partial charge in [-0.05, 0) is 42.2 Å². The predicted molar refractivity (Wildman–Crippen MR) is 91.8 cm³/mol. The number of hydrogen-bond acceptors (Lipinski definition) is 6. The fraction of sp³-hybridized carbons (Fsp3) is 0.0625. The van der Waals surface area contributed by atoms with Gasteiger partial charge in [0.2, 0.25) is 10.8 Å². The number of benzene rings is 1. The maximum atomic E-state index is 12.4. The van der Waals surface area contributed by atoms with Crippen LogP contribution in [0.1, 0.15) is 5.56 Å². The van der Waals surface area contributed by atoms with Crippen LogP contribution in [0.4, 0.5) is 0 Å². The van der Waals surface area contributed by atoms with Gasteiger partial charge in [-0.25, -0.2) is 0 Å². The molecule has 7 heteroatoms. The summed E-state index contributed by atoms with van der Waals surface area (Å²) in [4.78, 5) is 18.6. The van der Waals surface area contributed by atoms with E-state index in [-0.39, 0.29) is 5.56 Å². The first-order valence-electron chi connectivity index (χ1n) is 6.84. The molecule has 3 aromatic heterocycles. The number of thioether (sulfide) groups is 1. The Morgan fingerprint density at radius 2 is 2.09 bits per heavy atom. The topological polar surface area (TPSA) is 60.4 Å². The van der Waals surface area contributed by atoms with Crippen LogP contribution in [0.3, 0.4) is 0 Å². The first-order chi connectivity index (χ1) is 11.2. The van der Waals surface area contributed by atoms with Crippen molar-refractivity contribution < 1.29 is 4.42 Å². The molecule has 0 bridgehead atoms. The lowest BCUT2D eigenvalue weighted by Crippen LogP contribution is -2.23. The summed E-state index contributed by atoms with van der Waals surface area (Å²) in [5.41, 5.74) is 0.819. The van der Waals surface area contributed by atoms with Gasteiger partial charge in [-0.1, -0.05) is 23.5 Å². The number of hydrogen-bond donors (Lipinski definition) is 0. The van der Waals surface area contributed by atoms with Crippen LogP contribution in [-0.2, 0) is 0 Å². The summed E-state index contributed by atoms with van der Waals surface area (Å²) in [5, 5.41) is 4.23. The second-order valence-corrected chi connectivity index (χ2v) is 6.68. The van der Waals surface area contributed by atoms with Crippen molar-refractivity contribution in [2.45, 2.75) is 4.90 Å². The number of nitrogens with zero attached hydrogens (tertiary/aromatic N) is 3. The predicted octanol–water partition coefficient (Wildman–Crippen LogP) is 2.68. The van der Waals surface area contributed by atoms with Gasteiger partial charge in [0.05, 0.1) is 10.8 Å². The molecule has 4 aromatic rings. The maximum absolute atomic E-state index is 12.4. The zero-order valence-electron chi connectivity index (χ0n) is 12.1. The summed E-state index contributed by atoms with van der Waals surface area (Å²) in [5.74, 6) is 0.979. The molecular weight excluding hydrogens is 330 g/mol. The molecule has 0 amide bonds. The van der Waals surface area contributed by atoms with Crippen molar-refractivity contribution in [3.05, 3.63) is 63.1 Å². The number of fused-ring (bicyclic) bond motifs is 1. The van der Waals surface area contributed by atoms with E-state index in [4.69, 9.17) is 4.42 Å². The minimum atomic E-state index is -0.163. The minimum absolute atomic E-state index is 0.163. The number of thiazole rings is 1. The molecule has 114 valence electrons. The molecule has 3 heterocycles. The van der Waals surface area contributed by atoms with Crippen LogP contribution in [0.5, 0.6) is 0 Å². The molecule has 0 spiro atoms. The molecule has 0 fully saturated rings. The average molecular weight is 341 g/mol. The van der Waals surface area contributed by atoms with E-state index in [1.807, 2.05) is 36.6 Å². The van der Waals surface area contributed by atoms with Gasteiger partial charge in [0, 0.05) is 4.90 Å². The molecule has 0 N–H and O–H groups in total. The Kier molecular flexibility index (Phi) is 3.51. The van der Waals surface area contributed by atoms with Gasteiger partial charge in [-0.15, -0.1) is 16.9 Å². The third-order valence-electron chi connectivity index (χ3n) is 3.34. The molecule has 1 aromatic carbocycles. The maximum Gasteiger partial charge on any atom is 0.291 e. The van der Waals surface area contributed by atoms with Crippen molar-refractivity contribution in [3.8, 4) is 11.6 Å². The van der Waals surface area contributed by atoms with Crippen LogP contribution >= 0.6 is 23.1 Å². The van der Waals surface area contributed by atoms with E-state index >= 15 is 0 Å². The Balaban J connectivity index is 1.79. The highest BCUT2D eigenvalue weighted by Gasteiger charge is 2.13. The molecule has 23 heavy (non-hydrogen) atoms. The lowest BCUT2D eigenvalue weighted by molar-refractivity contribution is 0.577. The third kappa shape index (κ3) is 2.58. The van der Waals surface area contributed by atoms with Crippen molar-refractivity contribution in [1.29, 1.82) is 0 Å². The van der Waals surface area contributed by atoms with Gasteiger partial charge in [0.25, 0.3) is 5.56 Å². The molecule has 0 saturated heterocycles. The quantitative estimate of drug-likeness (QED) is 0.536. The highest BCUT2D eigenvalue weighted by atomic mass is 32.2. The summed E-state index contributed by atoms with van der Waals surface area (Å²) in [7, 11) is 0. The largest absolute Gasteiger partial charge is 0.461 e. The van der Waals surface area contributed by atoms with Gasteiger partial charge in [0.1, 0.15) is 0 Å². The van der Waals surface area contributed by atoms with Crippen molar-refractivity contribution in [2.75, 3.05) is 6.26 Å². The summed E-state index contributed by atoms with van der Waals surface area (Å²) < 4.78 is 7.20. The normalized spacial score (nSPS) is 12.3. The summed E-state index contributed by atoms with van der Waals surface area (Å²) >= 11 is 3.01. The minimum Gasteiger partial charge on any atom is -0.461 e. The lowest BCUT2D eigenvalue weighted by Gasteiger charge is -1.95. The molecule has 0 unspecified atom stereocenters. The summed E-state index contributed by atoms with van der Waals surface area (Å²) in [6.45, 7) is 0. The Morgan fingerprint density at radius 1 is 1.26 bits per heavy atom. The summed E-state index contributed by atoms with van der Waals surface area (Å²) in [6.07, 6.45) is 5.45. The van der Waals surface area contributed by atoms with Crippen LogP contribution in [-0.4, -0.2) is 20.9 Å². The fourth-order valence-electron chi connectivity index (χ4n) is 2.20. The van der Waals surface area contributed by atoms with E-state index in [2.05, 4.69) is 10.1 Å². The van der Waals surface area contributed by atoms with Crippen molar-refractivity contribution in [2.24, 2.45) is 0 Å². The molecular formula is C16H11N3O2S2. The highest BCUT2D eigenvalue weighted by Crippen LogP contribution is 2.17. The van der Waals surface area contributed by atoms with Gasteiger partial charge in [-0.3, -0.25) is 4.79 Å². The van der Waals surface area contributed by atoms with E-state index in [0.29, 0.717) is 21.1 Å². The van der Waals surface area contributed by atoms with Gasteiger partial charge in [-0.2, -0.15) is 9.50 Å². The van der Waals surface area contributed by atoms with Gasteiger partial charge < -0.3 is 4.42 Å². The zero-order chi connectivity index (χ0) is 15.8. The molecule has 4 rings (SSSR count). The second kappa shape index (κ2) is 5.68. The molecule has 0 saturated carbocycles.